The largest absolute Gasteiger partial charge is 0.377 e. The first-order valence-corrected chi connectivity index (χ1v) is 7.89. The van der Waals surface area contributed by atoms with Crippen molar-refractivity contribution in [1.29, 1.82) is 0 Å². The van der Waals surface area contributed by atoms with E-state index in [4.69, 9.17) is 4.74 Å². The summed E-state index contributed by atoms with van der Waals surface area (Å²) in [6, 6.07) is 6.50. The number of nitrogens with zero attached hydrogens (tertiary/aromatic N) is 1. The molecule has 3 rings (SSSR count). The number of carbonyl (C=O) groups is 1. The van der Waals surface area contributed by atoms with Crippen LogP contribution in [0.2, 0.25) is 0 Å². The number of rotatable bonds is 1. The lowest BCUT2D eigenvalue weighted by Gasteiger charge is -2.39. The average Bonchev–Trinajstić information content (AvgIpc) is 2.71. The second kappa shape index (κ2) is 6.16. The van der Waals surface area contributed by atoms with Crippen LogP contribution in [0.15, 0.2) is 18.2 Å². The Morgan fingerprint density at radius 1 is 1.14 bits per heavy atom. The van der Waals surface area contributed by atoms with E-state index in [0.29, 0.717) is 13.2 Å². The highest BCUT2D eigenvalue weighted by Gasteiger charge is 2.30. The van der Waals surface area contributed by atoms with E-state index in [1.807, 2.05) is 11.0 Å². The quantitative estimate of drug-likeness (QED) is 0.854. The van der Waals surface area contributed by atoms with Gasteiger partial charge in [-0.25, -0.2) is 0 Å². The topological polar surface area (TPSA) is 41.6 Å². The predicted octanol–water partition coefficient (Wildman–Crippen LogP) is 1.62. The number of ether oxygens (including phenoxy) is 1. The maximum absolute atomic E-state index is 12.8. The molecule has 2 aliphatic rings. The van der Waals surface area contributed by atoms with Crippen molar-refractivity contribution in [3.05, 3.63) is 34.9 Å². The minimum absolute atomic E-state index is 0.137. The smallest absolute Gasteiger partial charge is 0.254 e. The second-order valence-corrected chi connectivity index (χ2v) is 6.18. The van der Waals surface area contributed by atoms with E-state index in [1.54, 1.807) is 0 Å². The Morgan fingerprint density at radius 3 is 2.52 bits per heavy atom. The van der Waals surface area contributed by atoms with Gasteiger partial charge in [-0.3, -0.25) is 4.79 Å². The van der Waals surface area contributed by atoms with Crippen molar-refractivity contribution in [3.8, 4) is 0 Å². The van der Waals surface area contributed by atoms with Crippen LogP contribution in [0.1, 0.15) is 35.3 Å². The molecule has 0 spiro atoms. The summed E-state index contributed by atoms with van der Waals surface area (Å²) in [5.41, 5.74) is 3.51. The van der Waals surface area contributed by atoms with Crippen molar-refractivity contribution in [3.63, 3.8) is 0 Å². The molecule has 0 saturated carbocycles. The molecule has 0 bridgehead atoms. The van der Waals surface area contributed by atoms with Crippen LogP contribution in [0.3, 0.4) is 0 Å². The normalized spacial score (nSPS) is 26.1. The first-order chi connectivity index (χ1) is 10.2. The summed E-state index contributed by atoms with van der Waals surface area (Å²) in [6.07, 6.45) is 2.05. The van der Waals surface area contributed by atoms with Gasteiger partial charge in [-0.1, -0.05) is 6.07 Å². The van der Waals surface area contributed by atoms with Gasteiger partial charge in [0.2, 0.25) is 0 Å². The van der Waals surface area contributed by atoms with Gasteiger partial charge in [0.15, 0.2) is 0 Å². The summed E-state index contributed by atoms with van der Waals surface area (Å²) in [4.78, 5) is 14.8. The molecule has 1 amide bonds. The molecule has 4 heteroatoms. The minimum atomic E-state index is 0.137. The molecule has 0 aliphatic carbocycles. The van der Waals surface area contributed by atoms with Crippen LogP contribution in [-0.4, -0.2) is 49.2 Å². The molecule has 1 N–H and O–H groups in total. The molecule has 1 aromatic rings. The van der Waals surface area contributed by atoms with Crippen molar-refractivity contribution in [2.75, 3.05) is 26.3 Å². The molecule has 2 heterocycles. The van der Waals surface area contributed by atoms with E-state index in [1.165, 1.54) is 11.1 Å². The molecule has 2 atom stereocenters. The van der Waals surface area contributed by atoms with Gasteiger partial charge in [-0.15, -0.1) is 0 Å². The van der Waals surface area contributed by atoms with E-state index in [2.05, 4.69) is 31.3 Å². The van der Waals surface area contributed by atoms with Gasteiger partial charge in [0.1, 0.15) is 0 Å². The Kier molecular flexibility index (Phi) is 4.27. The Morgan fingerprint density at radius 2 is 1.81 bits per heavy atom. The zero-order valence-corrected chi connectivity index (χ0v) is 12.9. The second-order valence-electron chi connectivity index (χ2n) is 6.18. The lowest BCUT2D eigenvalue weighted by atomic mass is 9.99. The van der Waals surface area contributed by atoms with Crippen molar-refractivity contribution in [1.82, 2.24) is 10.2 Å². The highest BCUT2D eigenvalue weighted by Crippen LogP contribution is 2.20. The monoisotopic (exact) mass is 288 g/mol. The van der Waals surface area contributed by atoms with Crippen molar-refractivity contribution in [2.45, 2.75) is 38.8 Å². The highest BCUT2D eigenvalue weighted by molar-refractivity contribution is 5.95. The molecule has 2 aliphatic heterocycles. The number of amides is 1. The summed E-state index contributed by atoms with van der Waals surface area (Å²) in [6.45, 7) is 7.39. The number of benzene rings is 1. The predicted molar refractivity (Wildman–Crippen MR) is 82.6 cm³/mol. The zero-order valence-electron chi connectivity index (χ0n) is 12.9. The number of carbonyl (C=O) groups excluding carboxylic acids is 1. The third-order valence-corrected chi connectivity index (χ3v) is 4.50. The molecule has 0 radical (unpaired) electrons. The van der Waals surface area contributed by atoms with E-state index >= 15 is 0 Å². The third-order valence-electron chi connectivity index (χ3n) is 4.50. The van der Waals surface area contributed by atoms with E-state index < -0.39 is 0 Å². The van der Waals surface area contributed by atoms with Gasteiger partial charge in [-0.05, 0) is 63.0 Å². The number of fused-ring (bicyclic) bond motifs is 1. The fourth-order valence-corrected chi connectivity index (χ4v) is 3.36. The number of hydrogen-bond donors (Lipinski definition) is 1. The maximum atomic E-state index is 12.8. The molecule has 0 aromatic heterocycles. The number of nitrogens with one attached hydrogen (secondary N) is 1. The molecule has 0 unspecified atom stereocenters. The van der Waals surface area contributed by atoms with Crippen molar-refractivity contribution in [2.24, 2.45) is 0 Å². The van der Waals surface area contributed by atoms with Crippen molar-refractivity contribution >= 4 is 5.91 Å². The SMILES string of the molecule is C[C@@H]1COC[C@H](C)N1C(=O)c1ccc2c(c1)CCNCC2. The number of hydrogen-bond acceptors (Lipinski definition) is 3. The Labute approximate surface area is 126 Å². The molecule has 1 saturated heterocycles. The summed E-state index contributed by atoms with van der Waals surface area (Å²) in [5.74, 6) is 0.137. The first kappa shape index (κ1) is 14.5. The highest BCUT2D eigenvalue weighted by atomic mass is 16.5. The molecule has 21 heavy (non-hydrogen) atoms. The molecule has 114 valence electrons. The van der Waals surface area contributed by atoms with Crippen LogP contribution in [0.5, 0.6) is 0 Å². The first-order valence-electron chi connectivity index (χ1n) is 7.89. The van der Waals surface area contributed by atoms with Gasteiger partial charge in [0, 0.05) is 5.56 Å². The van der Waals surface area contributed by atoms with E-state index in [0.717, 1.165) is 31.5 Å². The average molecular weight is 288 g/mol. The molecular formula is C17H24N2O2. The molecule has 1 fully saturated rings. The van der Waals surface area contributed by atoms with Gasteiger partial charge >= 0.3 is 0 Å². The molecule has 1 aromatic carbocycles. The van der Waals surface area contributed by atoms with Gasteiger partial charge in [-0.2, -0.15) is 0 Å². The maximum Gasteiger partial charge on any atom is 0.254 e. The van der Waals surface area contributed by atoms with Crippen LogP contribution < -0.4 is 5.32 Å². The standard InChI is InChI=1S/C17H24N2O2/c1-12-10-21-11-13(2)19(12)17(20)16-4-3-14-5-7-18-8-6-15(14)9-16/h3-4,9,12-13,18H,5-8,10-11H2,1-2H3/t12-,13+. The summed E-state index contributed by atoms with van der Waals surface area (Å²) in [5, 5.41) is 3.41. The Balaban J connectivity index is 1.86. The Hall–Kier alpha value is -1.39. The van der Waals surface area contributed by atoms with Crippen LogP contribution in [0, 0.1) is 0 Å². The summed E-state index contributed by atoms with van der Waals surface area (Å²) in [7, 11) is 0. The van der Waals surface area contributed by atoms with Crippen LogP contribution in [0.4, 0.5) is 0 Å². The lowest BCUT2D eigenvalue weighted by molar-refractivity contribution is -0.0249. The fourth-order valence-electron chi connectivity index (χ4n) is 3.36. The van der Waals surface area contributed by atoms with Crippen molar-refractivity contribution < 1.29 is 9.53 Å². The Bertz CT molecular complexity index is 520. The third kappa shape index (κ3) is 2.97. The van der Waals surface area contributed by atoms with E-state index in [9.17, 15) is 4.79 Å². The lowest BCUT2D eigenvalue weighted by Crippen LogP contribution is -2.52. The zero-order chi connectivity index (χ0) is 14.8. The number of morpholine rings is 1. The fraction of sp³-hybridized carbons (Fsp3) is 0.588. The molecular weight excluding hydrogens is 264 g/mol. The van der Waals surface area contributed by atoms with Gasteiger partial charge < -0.3 is 15.0 Å². The van der Waals surface area contributed by atoms with Crippen LogP contribution >= 0.6 is 0 Å². The van der Waals surface area contributed by atoms with Gasteiger partial charge in [0.05, 0.1) is 25.3 Å². The summed E-state index contributed by atoms with van der Waals surface area (Å²) >= 11 is 0. The molecule has 4 nitrogen and oxygen atoms in total. The van der Waals surface area contributed by atoms with E-state index in [-0.39, 0.29) is 18.0 Å². The van der Waals surface area contributed by atoms with Gasteiger partial charge in [0.25, 0.3) is 5.91 Å². The van der Waals surface area contributed by atoms with Crippen LogP contribution in [-0.2, 0) is 17.6 Å². The van der Waals surface area contributed by atoms with Crippen LogP contribution in [0.25, 0.3) is 0 Å². The summed E-state index contributed by atoms with van der Waals surface area (Å²) < 4.78 is 5.52. The minimum Gasteiger partial charge on any atom is -0.377 e.